The number of carbonyl (C=O) groups excluding carboxylic acids is 3. The number of anilines is 3. The van der Waals surface area contributed by atoms with Gasteiger partial charge in [0.2, 0.25) is 16.7 Å². The molecule has 0 bridgehead atoms. The van der Waals surface area contributed by atoms with E-state index in [1.54, 1.807) is 24.3 Å². The summed E-state index contributed by atoms with van der Waals surface area (Å²) in [7, 11) is 0. The van der Waals surface area contributed by atoms with Gasteiger partial charge in [-0.25, -0.2) is 0 Å². The number of amides is 3. The smallest absolute Gasteiger partial charge is 0.269 e. The van der Waals surface area contributed by atoms with Crippen molar-refractivity contribution in [2.24, 2.45) is 0 Å². The number of hydrogen-bond donors (Lipinski definition) is 1. The minimum Gasteiger partial charge on any atom is -0.324 e. The predicted molar refractivity (Wildman–Crippen MR) is 136 cm³/mol. The predicted octanol–water partition coefficient (Wildman–Crippen LogP) is 4.87. The van der Waals surface area contributed by atoms with Gasteiger partial charge in [0, 0.05) is 22.0 Å². The van der Waals surface area contributed by atoms with Crippen molar-refractivity contribution in [3.05, 3.63) is 88.4 Å². The molecule has 6 nitrogen and oxygen atoms in total. The number of rotatable bonds is 4. The Bertz CT molecular complexity index is 1330. The van der Waals surface area contributed by atoms with Gasteiger partial charge in [0.15, 0.2) is 0 Å². The van der Waals surface area contributed by atoms with Gasteiger partial charge in [0.1, 0.15) is 6.54 Å². The number of hydrogen-bond acceptors (Lipinski definition) is 4. The van der Waals surface area contributed by atoms with E-state index in [9.17, 15) is 14.4 Å². The van der Waals surface area contributed by atoms with Crippen LogP contribution in [-0.4, -0.2) is 30.0 Å². The number of aryl methyl sites for hydroxylation is 2. The van der Waals surface area contributed by atoms with Crippen LogP contribution >= 0.6 is 23.4 Å². The highest BCUT2D eigenvalue weighted by Gasteiger charge is 2.61. The van der Waals surface area contributed by atoms with Crippen LogP contribution in [0.2, 0.25) is 5.02 Å². The zero-order chi connectivity index (χ0) is 24.0. The number of nitrogens with one attached hydrogen (secondary N) is 1. The van der Waals surface area contributed by atoms with Crippen molar-refractivity contribution >= 4 is 58.1 Å². The Hall–Kier alpha value is -3.29. The second kappa shape index (κ2) is 8.49. The summed E-state index contributed by atoms with van der Waals surface area (Å²) in [6, 6.07) is 20.0. The van der Waals surface area contributed by atoms with Crippen LogP contribution in [0, 0.1) is 13.8 Å². The van der Waals surface area contributed by atoms with E-state index in [1.807, 2.05) is 56.3 Å². The molecular weight excluding hydrogens is 470 g/mol. The van der Waals surface area contributed by atoms with Crippen LogP contribution in [0.3, 0.4) is 0 Å². The average molecular weight is 492 g/mol. The maximum absolute atomic E-state index is 14.0. The molecule has 3 aromatic rings. The van der Waals surface area contributed by atoms with E-state index in [2.05, 4.69) is 5.32 Å². The monoisotopic (exact) mass is 491 g/mol. The summed E-state index contributed by atoms with van der Waals surface area (Å²) in [5.41, 5.74) is 4.60. The SMILES string of the molecule is Cc1ccc(C)c(NC(=O)CN2C(=O)C3(SCC(=O)N3c3ccc(Cl)cc3)c3ccccc32)c1. The highest BCUT2D eigenvalue weighted by molar-refractivity contribution is 8.02. The van der Waals surface area contributed by atoms with E-state index in [4.69, 9.17) is 11.6 Å². The summed E-state index contributed by atoms with van der Waals surface area (Å²) in [4.78, 5) is 41.8. The standard InChI is InChI=1S/C26H22ClN3O3S/c1-16-7-8-17(2)21(13-16)28-23(31)14-29-22-6-4-3-5-20(22)26(25(29)33)30(24(32)15-34-26)19-11-9-18(27)10-12-19/h3-13H,14-15H2,1-2H3,(H,28,31). The molecule has 2 heterocycles. The van der Waals surface area contributed by atoms with Gasteiger partial charge in [-0.2, -0.15) is 0 Å². The fourth-order valence-electron chi connectivity index (χ4n) is 4.51. The highest BCUT2D eigenvalue weighted by Crippen LogP contribution is 2.55. The molecule has 1 N–H and O–H groups in total. The van der Waals surface area contributed by atoms with E-state index in [-0.39, 0.29) is 30.0 Å². The fraction of sp³-hybridized carbons (Fsp3) is 0.192. The molecule has 5 rings (SSSR count). The molecule has 34 heavy (non-hydrogen) atoms. The van der Waals surface area contributed by atoms with E-state index in [0.29, 0.717) is 27.6 Å². The molecule has 2 aliphatic heterocycles. The third-order valence-corrected chi connectivity index (χ3v) is 7.76. The summed E-state index contributed by atoms with van der Waals surface area (Å²) >= 11 is 7.33. The van der Waals surface area contributed by atoms with Crippen LogP contribution in [0.25, 0.3) is 0 Å². The van der Waals surface area contributed by atoms with Crippen LogP contribution in [-0.2, 0) is 19.3 Å². The minimum absolute atomic E-state index is 0.158. The number of fused-ring (bicyclic) bond motifs is 2. The molecular formula is C26H22ClN3O3S. The molecule has 1 atom stereocenters. The quantitative estimate of drug-likeness (QED) is 0.565. The topological polar surface area (TPSA) is 69.7 Å². The Labute approximate surface area is 206 Å². The van der Waals surface area contributed by atoms with Gasteiger partial charge in [-0.15, -0.1) is 11.8 Å². The molecule has 1 spiro atoms. The van der Waals surface area contributed by atoms with Crippen molar-refractivity contribution in [1.29, 1.82) is 0 Å². The zero-order valence-electron chi connectivity index (χ0n) is 18.7. The largest absolute Gasteiger partial charge is 0.324 e. The second-order valence-electron chi connectivity index (χ2n) is 8.41. The summed E-state index contributed by atoms with van der Waals surface area (Å²) in [5, 5.41) is 3.47. The third kappa shape index (κ3) is 3.56. The van der Waals surface area contributed by atoms with Crippen molar-refractivity contribution in [3.63, 3.8) is 0 Å². The fourth-order valence-corrected chi connectivity index (χ4v) is 5.99. The van der Waals surface area contributed by atoms with E-state index < -0.39 is 4.87 Å². The molecule has 0 saturated carbocycles. The average Bonchev–Trinajstić information content (AvgIpc) is 3.28. The first-order chi connectivity index (χ1) is 16.3. The third-order valence-electron chi connectivity index (χ3n) is 6.12. The lowest BCUT2D eigenvalue weighted by molar-refractivity contribution is -0.124. The molecule has 2 aliphatic rings. The first-order valence-corrected chi connectivity index (χ1v) is 12.2. The maximum atomic E-state index is 14.0. The number of nitrogens with zero attached hydrogens (tertiary/aromatic N) is 2. The number of thioether (sulfide) groups is 1. The number of benzene rings is 3. The minimum atomic E-state index is -1.26. The maximum Gasteiger partial charge on any atom is 0.269 e. The van der Waals surface area contributed by atoms with Gasteiger partial charge in [0.25, 0.3) is 5.91 Å². The first-order valence-electron chi connectivity index (χ1n) is 10.8. The van der Waals surface area contributed by atoms with Gasteiger partial charge in [-0.3, -0.25) is 24.2 Å². The van der Waals surface area contributed by atoms with E-state index in [1.165, 1.54) is 21.6 Å². The van der Waals surface area contributed by atoms with Crippen LogP contribution in [0.1, 0.15) is 16.7 Å². The molecule has 0 radical (unpaired) electrons. The van der Waals surface area contributed by atoms with Crippen molar-refractivity contribution in [3.8, 4) is 0 Å². The second-order valence-corrected chi connectivity index (χ2v) is 10.0. The highest BCUT2D eigenvalue weighted by atomic mass is 35.5. The Balaban J connectivity index is 1.51. The molecule has 1 unspecified atom stereocenters. The Kier molecular flexibility index (Phi) is 5.62. The summed E-state index contributed by atoms with van der Waals surface area (Å²) in [5.74, 6) is -0.625. The lowest BCUT2D eigenvalue weighted by Crippen LogP contribution is -2.50. The lowest BCUT2D eigenvalue weighted by atomic mass is 10.0. The molecule has 3 aromatic carbocycles. The molecule has 8 heteroatoms. The summed E-state index contributed by atoms with van der Waals surface area (Å²) < 4.78 is 0. The van der Waals surface area contributed by atoms with Gasteiger partial charge < -0.3 is 5.32 Å². The van der Waals surface area contributed by atoms with Crippen LogP contribution < -0.4 is 15.1 Å². The molecule has 1 fully saturated rings. The Morgan fingerprint density at radius 2 is 1.79 bits per heavy atom. The van der Waals surface area contributed by atoms with Crippen molar-refractivity contribution < 1.29 is 14.4 Å². The van der Waals surface area contributed by atoms with Crippen molar-refractivity contribution in [1.82, 2.24) is 0 Å². The van der Waals surface area contributed by atoms with Crippen molar-refractivity contribution in [2.75, 3.05) is 27.4 Å². The number of halogens is 1. The molecule has 172 valence electrons. The molecule has 3 amide bonds. The molecule has 0 aliphatic carbocycles. The van der Waals surface area contributed by atoms with Crippen LogP contribution in [0.15, 0.2) is 66.7 Å². The molecule has 1 saturated heterocycles. The van der Waals surface area contributed by atoms with Crippen LogP contribution in [0.5, 0.6) is 0 Å². The normalized spacial score (nSPS) is 19.1. The Morgan fingerprint density at radius 3 is 2.56 bits per heavy atom. The van der Waals surface area contributed by atoms with E-state index >= 15 is 0 Å². The van der Waals surface area contributed by atoms with E-state index in [0.717, 1.165) is 11.1 Å². The first kappa shape index (κ1) is 22.5. The van der Waals surface area contributed by atoms with Gasteiger partial charge >= 0.3 is 0 Å². The number of carbonyl (C=O) groups is 3. The number of para-hydroxylation sites is 1. The lowest BCUT2D eigenvalue weighted by Gasteiger charge is -2.33. The van der Waals surface area contributed by atoms with Gasteiger partial charge in [-0.05, 0) is 61.4 Å². The van der Waals surface area contributed by atoms with Crippen LogP contribution in [0.4, 0.5) is 17.1 Å². The van der Waals surface area contributed by atoms with Gasteiger partial charge in [0.05, 0.1) is 11.4 Å². The van der Waals surface area contributed by atoms with Crippen molar-refractivity contribution in [2.45, 2.75) is 18.7 Å². The Morgan fingerprint density at radius 1 is 1.06 bits per heavy atom. The summed E-state index contributed by atoms with van der Waals surface area (Å²) in [6.45, 7) is 3.72. The van der Waals surface area contributed by atoms with Gasteiger partial charge in [-0.1, -0.05) is 41.9 Å². The zero-order valence-corrected chi connectivity index (χ0v) is 20.2. The molecule has 0 aromatic heterocycles. The summed E-state index contributed by atoms with van der Waals surface area (Å²) in [6.07, 6.45) is 0.